The van der Waals surface area contributed by atoms with Gasteiger partial charge in [0, 0.05) is 11.3 Å². The Morgan fingerprint density at radius 3 is 2.81 bits per heavy atom. The normalized spacial score (nSPS) is 37.5. The molecule has 4 unspecified atom stereocenters. The SMILES string of the molecule is CCC1CCCC(C(NN)C2CCCS2)C1. The van der Waals surface area contributed by atoms with Gasteiger partial charge in [-0.15, -0.1) is 0 Å². The summed E-state index contributed by atoms with van der Waals surface area (Å²) in [6.07, 6.45) is 9.77. The van der Waals surface area contributed by atoms with Crippen LogP contribution in [0.3, 0.4) is 0 Å². The molecule has 2 rings (SSSR count). The molecular formula is C13H26N2S. The van der Waals surface area contributed by atoms with E-state index in [9.17, 15) is 0 Å². The van der Waals surface area contributed by atoms with Gasteiger partial charge in [0.05, 0.1) is 0 Å². The zero-order valence-corrected chi connectivity index (χ0v) is 11.3. The van der Waals surface area contributed by atoms with E-state index in [1.54, 1.807) is 0 Å². The van der Waals surface area contributed by atoms with Crippen LogP contribution in [-0.2, 0) is 0 Å². The minimum atomic E-state index is 0.571. The van der Waals surface area contributed by atoms with E-state index in [2.05, 4.69) is 24.1 Å². The van der Waals surface area contributed by atoms with Gasteiger partial charge in [-0.25, -0.2) is 0 Å². The lowest BCUT2D eigenvalue weighted by molar-refractivity contribution is 0.205. The van der Waals surface area contributed by atoms with Crippen LogP contribution >= 0.6 is 11.8 Å². The average molecular weight is 242 g/mol. The molecule has 0 bridgehead atoms. The first-order valence-electron chi connectivity index (χ1n) is 6.92. The maximum atomic E-state index is 5.81. The molecule has 0 amide bonds. The Balaban J connectivity index is 1.91. The molecule has 16 heavy (non-hydrogen) atoms. The van der Waals surface area contributed by atoms with Crippen molar-refractivity contribution in [3.8, 4) is 0 Å². The first-order valence-corrected chi connectivity index (χ1v) is 7.97. The summed E-state index contributed by atoms with van der Waals surface area (Å²) in [4.78, 5) is 0. The molecule has 1 aliphatic carbocycles. The highest BCUT2D eigenvalue weighted by Gasteiger charge is 2.33. The van der Waals surface area contributed by atoms with Gasteiger partial charge in [0.1, 0.15) is 0 Å². The van der Waals surface area contributed by atoms with Gasteiger partial charge in [-0.05, 0) is 43.3 Å². The molecule has 3 N–H and O–H groups in total. The Hall–Kier alpha value is 0.270. The summed E-state index contributed by atoms with van der Waals surface area (Å²) in [5, 5.41) is 0.783. The fourth-order valence-electron chi connectivity index (χ4n) is 3.46. The highest BCUT2D eigenvalue weighted by molar-refractivity contribution is 8.00. The molecule has 0 spiro atoms. The second-order valence-corrected chi connectivity index (χ2v) is 6.79. The Morgan fingerprint density at radius 1 is 1.31 bits per heavy atom. The van der Waals surface area contributed by atoms with E-state index >= 15 is 0 Å². The second-order valence-electron chi connectivity index (χ2n) is 5.44. The number of hydrogen-bond donors (Lipinski definition) is 2. The minimum absolute atomic E-state index is 0.571. The largest absolute Gasteiger partial charge is 0.271 e. The number of hydrazine groups is 1. The van der Waals surface area contributed by atoms with Crippen molar-refractivity contribution in [2.75, 3.05) is 5.75 Å². The predicted octanol–water partition coefficient (Wildman–Crippen LogP) is 2.93. The van der Waals surface area contributed by atoms with Gasteiger partial charge in [0.25, 0.3) is 0 Å². The molecule has 0 aromatic heterocycles. The summed E-state index contributed by atoms with van der Waals surface area (Å²) in [6.45, 7) is 2.34. The zero-order chi connectivity index (χ0) is 11.4. The number of hydrogen-bond acceptors (Lipinski definition) is 3. The number of nitrogens with two attached hydrogens (primary N) is 1. The summed E-state index contributed by atoms with van der Waals surface area (Å²) < 4.78 is 0. The number of thioether (sulfide) groups is 1. The lowest BCUT2D eigenvalue weighted by Gasteiger charge is -2.36. The lowest BCUT2D eigenvalue weighted by Crippen LogP contribution is -2.48. The monoisotopic (exact) mass is 242 g/mol. The Kier molecular flexibility index (Phi) is 4.98. The van der Waals surface area contributed by atoms with Crippen LogP contribution in [0, 0.1) is 11.8 Å². The highest BCUT2D eigenvalue weighted by Crippen LogP contribution is 2.38. The van der Waals surface area contributed by atoms with Crippen molar-refractivity contribution < 1.29 is 0 Å². The van der Waals surface area contributed by atoms with Crippen LogP contribution in [-0.4, -0.2) is 17.0 Å². The molecule has 0 radical (unpaired) electrons. The zero-order valence-electron chi connectivity index (χ0n) is 10.5. The van der Waals surface area contributed by atoms with E-state index < -0.39 is 0 Å². The Labute approximate surface area is 104 Å². The first kappa shape index (κ1) is 12.7. The van der Waals surface area contributed by atoms with E-state index in [0.717, 1.165) is 17.1 Å². The fraction of sp³-hybridized carbons (Fsp3) is 1.00. The van der Waals surface area contributed by atoms with E-state index in [4.69, 9.17) is 5.84 Å². The van der Waals surface area contributed by atoms with Gasteiger partial charge in [0.2, 0.25) is 0 Å². The van der Waals surface area contributed by atoms with Crippen molar-refractivity contribution in [1.29, 1.82) is 0 Å². The van der Waals surface area contributed by atoms with Crippen molar-refractivity contribution in [1.82, 2.24) is 5.43 Å². The molecule has 1 saturated carbocycles. The number of rotatable bonds is 4. The minimum Gasteiger partial charge on any atom is -0.271 e. The number of nitrogens with one attached hydrogen (secondary N) is 1. The van der Waals surface area contributed by atoms with Crippen molar-refractivity contribution in [3.63, 3.8) is 0 Å². The van der Waals surface area contributed by atoms with Gasteiger partial charge >= 0.3 is 0 Å². The third-order valence-electron chi connectivity index (χ3n) is 4.47. The molecule has 1 aliphatic heterocycles. The molecule has 1 heterocycles. The average Bonchev–Trinajstić information content (AvgIpc) is 2.84. The van der Waals surface area contributed by atoms with Crippen LogP contribution in [0.4, 0.5) is 0 Å². The molecule has 4 atom stereocenters. The molecule has 2 aliphatic rings. The van der Waals surface area contributed by atoms with Crippen molar-refractivity contribution in [2.24, 2.45) is 17.7 Å². The highest BCUT2D eigenvalue weighted by atomic mass is 32.2. The van der Waals surface area contributed by atoms with Gasteiger partial charge in [-0.2, -0.15) is 11.8 Å². The summed E-state index contributed by atoms with van der Waals surface area (Å²) >= 11 is 2.14. The van der Waals surface area contributed by atoms with Crippen molar-refractivity contribution in [2.45, 2.75) is 63.2 Å². The predicted molar refractivity (Wildman–Crippen MR) is 72.3 cm³/mol. The summed E-state index contributed by atoms with van der Waals surface area (Å²) in [5.74, 6) is 8.94. The van der Waals surface area contributed by atoms with Crippen LogP contribution in [0.5, 0.6) is 0 Å². The third-order valence-corrected chi connectivity index (χ3v) is 5.95. The van der Waals surface area contributed by atoms with Crippen LogP contribution in [0.25, 0.3) is 0 Å². The smallest absolute Gasteiger partial charge is 0.0357 e. The molecule has 3 heteroatoms. The van der Waals surface area contributed by atoms with Crippen molar-refractivity contribution >= 4 is 11.8 Å². The van der Waals surface area contributed by atoms with Crippen LogP contribution < -0.4 is 11.3 Å². The molecule has 1 saturated heterocycles. The summed E-state index contributed by atoms with van der Waals surface area (Å²) in [5.41, 5.74) is 3.14. The molecule has 2 nitrogen and oxygen atoms in total. The molecule has 94 valence electrons. The van der Waals surface area contributed by atoms with Gasteiger partial charge < -0.3 is 0 Å². The van der Waals surface area contributed by atoms with Crippen molar-refractivity contribution in [3.05, 3.63) is 0 Å². The van der Waals surface area contributed by atoms with Gasteiger partial charge in [0.15, 0.2) is 0 Å². The topological polar surface area (TPSA) is 38.0 Å². The quantitative estimate of drug-likeness (QED) is 0.588. The molecular weight excluding hydrogens is 216 g/mol. The first-order chi connectivity index (χ1) is 7.85. The maximum Gasteiger partial charge on any atom is 0.0357 e. The van der Waals surface area contributed by atoms with E-state index in [0.29, 0.717) is 6.04 Å². The lowest BCUT2D eigenvalue weighted by atomic mass is 9.76. The van der Waals surface area contributed by atoms with Gasteiger partial charge in [-0.3, -0.25) is 11.3 Å². The summed E-state index contributed by atoms with van der Waals surface area (Å²) in [6, 6.07) is 0.571. The van der Waals surface area contributed by atoms with E-state index in [-0.39, 0.29) is 0 Å². The van der Waals surface area contributed by atoms with Crippen LogP contribution in [0.2, 0.25) is 0 Å². The Morgan fingerprint density at radius 2 is 2.19 bits per heavy atom. The fourth-order valence-corrected chi connectivity index (χ4v) is 4.94. The Bertz CT molecular complexity index is 204. The van der Waals surface area contributed by atoms with Crippen LogP contribution in [0.1, 0.15) is 51.9 Å². The molecule has 0 aromatic rings. The molecule has 2 fully saturated rings. The maximum absolute atomic E-state index is 5.81. The van der Waals surface area contributed by atoms with E-state index in [1.165, 1.54) is 50.7 Å². The third kappa shape index (κ3) is 2.93. The molecule has 0 aromatic carbocycles. The van der Waals surface area contributed by atoms with Crippen LogP contribution in [0.15, 0.2) is 0 Å². The van der Waals surface area contributed by atoms with Gasteiger partial charge in [-0.1, -0.05) is 26.2 Å². The second kappa shape index (κ2) is 6.27. The standard InChI is InChI=1S/C13H26N2S/c1-2-10-5-3-6-11(9-10)13(15-14)12-7-4-8-16-12/h10-13,15H,2-9,14H2,1H3. The van der Waals surface area contributed by atoms with E-state index in [1.807, 2.05) is 0 Å². The summed E-state index contributed by atoms with van der Waals surface area (Å²) in [7, 11) is 0.